The lowest BCUT2D eigenvalue weighted by Gasteiger charge is -2.22. The zero-order valence-corrected chi connectivity index (χ0v) is 13.0. The summed E-state index contributed by atoms with van der Waals surface area (Å²) in [6.45, 7) is 3.98. The van der Waals surface area contributed by atoms with Crippen molar-refractivity contribution >= 4 is 18.3 Å². The molecule has 1 aromatic carbocycles. The van der Waals surface area contributed by atoms with Crippen molar-refractivity contribution in [2.24, 2.45) is 17.6 Å². The van der Waals surface area contributed by atoms with Gasteiger partial charge in [-0.2, -0.15) is 0 Å². The zero-order chi connectivity index (χ0) is 13.8. The van der Waals surface area contributed by atoms with Gasteiger partial charge in [0.1, 0.15) is 0 Å². The van der Waals surface area contributed by atoms with Crippen LogP contribution in [0.4, 0.5) is 0 Å². The molecule has 0 heterocycles. The summed E-state index contributed by atoms with van der Waals surface area (Å²) in [5.41, 5.74) is 7.18. The van der Waals surface area contributed by atoms with Crippen LogP contribution in [0, 0.1) is 11.8 Å². The van der Waals surface area contributed by atoms with Crippen LogP contribution in [0.15, 0.2) is 30.3 Å². The molecular formula is C16H25ClN2O. The summed E-state index contributed by atoms with van der Waals surface area (Å²) in [5.74, 6) is 0.682. The zero-order valence-electron chi connectivity index (χ0n) is 12.2. The van der Waals surface area contributed by atoms with Crippen LogP contribution in [0.1, 0.15) is 44.7 Å². The molecule has 1 aliphatic carbocycles. The average molecular weight is 297 g/mol. The fourth-order valence-electron chi connectivity index (χ4n) is 2.41. The normalized spacial score (nSPS) is 18.6. The van der Waals surface area contributed by atoms with Crippen molar-refractivity contribution in [1.82, 2.24) is 5.32 Å². The lowest BCUT2D eigenvalue weighted by molar-refractivity contribution is -0.125. The minimum atomic E-state index is -0.241. The van der Waals surface area contributed by atoms with Crippen molar-refractivity contribution in [3.63, 3.8) is 0 Å². The van der Waals surface area contributed by atoms with E-state index < -0.39 is 0 Å². The minimum Gasteiger partial charge on any atom is -0.353 e. The first-order valence-corrected chi connectivity index (χ1v) is 7.19. The fourth-order valence-corrected chi connectivity index (χ4v) is 2.41. The number of hydrogen-bond acceptors (Lipinski definition) is 2. The highest BCUT2D eigenvalue weighted by molar-refractivity contribution is 5.85. The summed E-state index contributed by atoms with van der Waals surface area (Å²) in [4.78, 5) is 12.2. The van der Waals surface area contributed by atoms with E-state index >= 15 is 0 Å². The van der Waals surface area contributed by atoms with Gasteiger partial charge in [0.2, 0.25) is 5.91 Å². The van der Waals surface area contributed by atoms with Gasteiger partial charge in [-0.25, -0.2) is 0 Å². The van der Waals surface area contributed by atoms with Crippen molar-refractivity contribution in [2.45, 2.75) is 45.2 Å². The maximum absolute atomic E-state index is 12.2. The topological polar surface area (TPSA) is 55.1 Å². The molecular weight excluding hydrogens is 272 g/mol. The minimum absolute atomic E-state index is 0. The number of nitrogens with one attached hydrogen (secondary N) is 1. The van der Waals surface area contributed by atoms with E-state index in [0.29, 0.717) is 0 Å². The standard InChI is InChI=1S/C16H24N2O.ClH/c1-11(10-13-8-9-13)18-16(19)12(2)15(17)14-6-4-3-5-7-14;/h3-7,11-13,15H,8-10,17H2,1-2H3,(H,18,19);1H. The van der Waals surface area contributed by atoms with Crippen LogP contribution in [0.25, 0.3) is 0 Å². The Labute approximate surface area is 127 Å². The highest BCUT2D eigenvalue weighted by atomic mass is 35.5. The van der Waals surface area contributed by atoms with E-state index in [1.807, 2.05) is 37.3 Å². The number of carbonyl (C=O) groups excluding carboxylic acids is 1. The first kappa shape index (κ1) is 17.0. The van der Waals surface area contributed by atoms with E-state index in [1.165, 1.54) is 12.8 Å². The van der Waals surface area contributed by atoms with Crippen LogP contribution < -0.4 is 11.1 Å². The van der Waals surface area contributed by atoms with Crippen LogP contribution >= 0.6 is 12.4 Å². The summed E-state index contributed by atoms with van der Waals surface area (Å²) in [7, 11) is 0. The van der Waals surface area contributed by atoms with E-state index in [4.69, 9.17) is 5.73 Å². The number of hydrogen-bond donors (Lipinski definition) is 2. The highest BCUT2D eigenvalue weighted by Crippen LogP contribution is 2.33. The third kappa shape index (κ3) is 4.80. The van der Waals surface area contributed by atoms with Gasteiger partial charge < -0.3 is 11.1 Å². The summed E-state index contributed by atoms with van der Waals surface area (Å²) in [6, 6.07) is 9.83. The Morgan fingerprint density at radius 1 is 1.30 bits per heavy atom. The van der Waals surface area contributed by atoms with Gasteiger partial charge in [0, 0.05) is 12.1 Å². The number of carbonyl (C=O) groups is 1. The van der Waals surface area contributed by atoms with Gasteiger partial charge >= 0.3 is 0 Å². The molecule has 1 aliphatic rings. The quantitative estimate of drug-likeness (QED) is 0.848. The molecule has 0 aliphatic heterocycles. The molecule has 4 heteroatoms. The van der Waals surface area contributed by atoms with Crippen molar-refractivity contribution in [2.75, 3.05) is 0 Å². The molecule has 0 spiro atoms. The Morgan fingerprint density at radius 3 is 2.45 bits per heavy atom. The molecule has 1 amide bonds. The molecule has 20 heavy (non-hydrogen) atoms. The van der Waals surface area contributed by atoms with E-state index in [9.17, 15) is 4.79 Å². The van der Waals surface area contributed by atoms with Gasteiger partial charge in [-0.3, -0.25) is 4.79 Å². The van der Waals surface area contributed by atoms with Crippen molar-refractivity contribution < 1.29 is 4.79 Å². The number of nitrogens with two attached hydrogens (primary N) is 1. The first-order chi connectivity index (χ1) is 9.08. The van der Waals surface area contributed by atoms with Gasteiger partial charge in [0.05, 0.1) is 5.92 Å². The largest absolute Gasteiger partial charge is 0.353 e. The van der Waals surface area contributed by atoms with Gasteiger partial charge in [0.25, 0.3) is 0 Å². The van der Waals surface area contributed by atoms with Crippen molar-refractivity contribution in [1.29, 1.82) is 0 Å². The second kappa shape index (κ2) is 7.65. The molecule has 0 saturated heterocycles. The third-order valence-electron chi connectivity index (χ3n) is 3.91. The van der Waals surface area contributed by atoms with Gasteiger partial charge in [-0.15, -0.1) is 12.4 Å². The maximum Gasteiger partial charge on any atom is 0.224 e. The van der Waals surface area contributed by atoms with E-state index in [1.54, 1.807) is 0 Å². The molecule has 1 fully saturated rings. The van der Waals surface area contributed by atoms with E-state index in [2.05, 4.69) is 12.2 Å². The van der Waals surface area contributed by atoms with Crippen molar-refractivity contribution in [3.8, 4) is 0 Å². The molecule has 1 saturated carbocycles. The monoisotopic (exact) mass is 296 g/mol. The number of halogens is 1. The second-order valence-corrected chi connectivity index (χ2v) is 5.81. The lowest BCUT2D eigenvalue weighted by Crippen LogP contribution is -2.40. The van der Waals surface area contributed by atoms with E-state index in [-0.39, 0.29) is 36.3 Å². The van der Waals surface area contributed by atoms with Gasteiger partial charge in [-0.1, -0.05) is 50.1 Å². The highest BCUT2D eigenvalue weighted by Gasteiger charge is 2.27. The predicted molar refractivity (Wildman–Crippen MR) is 84.7 cm³/mol. The Hall–Kier alpha value is -1.06. The summed E-state index contributed by atoms with van der Waals surface area (Å²) in [5, 5.41) is 3.08. The number of rotatable bonds is 6. The Bertz CT molecular complexity index is 420. The molecule has 1 aromatic rings. The SMILES string of the molecule is CC(CC1CC1)NC(=O)C(C)C(N)c1ccccc1.Cl. The molecule has 0 radical (unpaired) electrons. The Morgan fingerprint density at radius 2 is 1.90 bits per heavy atom. The fraction of sp³-hybridized carbons (Fsp3) is 0.562. The maximum atomic E-state index is 12.2. The van der Waals surface area contributed by atoms with Crippen LogP contribution in [-0.2, 0) is 4.79 Å². The Balaban J connectivity index is 0.00000200. The summed E-state index contributed by atoms with van der Waals surface area (Å²) in [6.07, 6.45) is 3.73. The second-order valence-electron chi connectivity index (χ2n) is 5.81. The molecule has 3 atom stereocenters. The molecule has 112 valence electrons. The van der Waals surface area contributed by atoms with E-state index in [0.717, 1.165) is 17.9 Å². The third-order valence-corrected chi connectivity index (χ3v) is 3.91. The summed E-state index contributed by atoms with van der Waals surface area (Å²) < 4.78 is 0. The Kier molecular flexibility index (Phi) is 6.50. The van der Waals surface area contributed by atoms with Crippen molar-refractivity contribution in [3.05, 3.63) is 35.9 Å². The molecule has 3 unspecified atom stereocenters. The van der Waals surface area contributed by atoms with Crippen LogP contribution in [-0.4, -0.2) is 11.9 Å². The molecule has 2 rings (SSSR count). The lowest BCUT2D eigenvalue weighted by atomic mass is 9.94. The first-order valence-electron chi connectivity index (χ1n) is 7.19. The van der Waals surface area contributed by atoms with Gasteiger partial charge in [-0.05, 0) is 24.8 Å². The van der Waals surface area contributed by atoms with Crippen LogP contribution in [0.2, 0.25) is 0 Å². The number of benzene rings is 1. The summed E-state index contributed by atoms with van der Waals surface area (Å²) >= 11 is 0. The molecule has 3 nitrogen and oxygen atoms in total. The molecule has 0 aromatic heterocycles. The average Bonchev–Trinajstić information content (AvgIpc) is 3.21. The molecule has 0 bridgehead atoms. The number of amides is 1. The van der Waals surface area contributed by atoms with Gasteiger partial charge in [0.15, 0.2) is 0 Å². The predicted octanol–water partition coefficient (Wildman–Crippen LogP) is 3.05. The molecule has 3 N–H and O–H groups in total. The van der Waals surface area contributed by atoms with Crippen LogP contribution in [0.3, 0.4) is 0 Å². The smallest absolute Gasteiger partial charge is 0.224 e. The van der Waals surface area contributed by atoms with Crippen LogP contribution in [0.5, 0.6) is 0 Å².